The smallest absolute Gasteiger partial charge is 0.0431 e. The summed E-state index contributed by atoms with van der Waals surface area (Å²) in [6.07, 6.45) is 26.6. The molecule has 0 rings (SSSR count). The number of hydrogen-bond acceptors (Lipinski definition) is 1. The van der Waals surface area contributed by atoms with Gasteiger partial charge >= 0.3 is 0 Å². The molecule has 0 saturated heterocycles. The van der Waals surface area contributed by atoms with Gasteiger partial charge in [0, 0.05) is 6.61 Å². The minimum atomic E-state index is 0.373. The molecule has 0 aliphatic carbocycles. The molecule has 0 aliphatic heterocycles. The van der Waals surface area contributed by atoms with Gasteiger partial charge in [0.05, 0.1) is 0 Å². The van der Waals surface area contributed by atoms with Crippen LogP contribution in [-0.2, 0) is 0 Å². The minimum absolute atomic E-state index is 0.373. The van der Waals surface area contributed by atoms with Crippen LogP contribution >= 0.6 is 0 Å². The minimum Gasteiger partial charge on any atom is -0.396 e. The molecule has 0 radical (unpaired) electrons. The molecule has 0 aromatic rings. The van der Waals surface area contributed by atoms with Crippen LogP contribution < -0.4 is 0 Å². The van der Waals surface area contributed by atoms with E-state index in [2.05, 4.69) is 13.8 Å². The standard InChI is InChI=1S/C23H48O/c1-3-20-23(4-2)21-18-16-14-12-10-8-6-5-7-9-11-13-15-17-19-22-24/h23-24H,3-22H2,1-2H3. The maximum Gasteiger partial charge on any atom is 0.0431 e. The van der Waals surface area contributed by atoms with Crippen LogP contribution in [0, 0.1) is 5.92 Å². The van der Waals surface area contributed by atoms with E-state index in [0.717, 1.165) is 12.3 Å². The van der Waals surface area contributed by atoms with Crippen LogP contribution in [0.1, 0.15) is 136 Å². The fourth-order valence-corrected chi connectivity index (χ4v) is 3.80. The van der Waals surface area contributed by atoms with Crippen molar-refractivity contribution >= 4 is 0 Å². The van der Waals surface area contributed by atoms with E-state index >= 15 is 0 Å². The Labute approximate surface area is 154 Å². The molecule has 0 spiro atoms. The molecule has 0 amide bonds. The topological polar surface area (TPSA) is 20.2 Å². The molecule has 0 aliphatic rings. The van der Waals surface area contributed by atoms with E-state index in [1.165, 1.54) is 116 Å². The molecular weight excluding hydrogens is 292 g/mol. The van der Waals surface area contributed by atoms with Crippen LogP contribution in [0.15, 0.2) is 0 Å². The summed E-state index contributed by atoms with van der Waals surface area (Å²) < 4.78 is 0. The lowest BCUT2D eigenvalue weighted by Gasteiger charge is -2.13. The molecule has 146 valence electrons. The first-order valence-electron chi connectivity index (χ1n) is 11.5. The third-order valence-electron chi connectivity index (χ3n) is 5.54. The monoisotopic (exact) mass is 340 g/mol. The third-order valence-corrected chi connectivity index (χ3v) is 5.54. The first-order chi connectivity index (χ1) is 11.8. The summed E-state index contributed by atoms with van der Waals surface area (Å²) >= 11 is 0. The Kier molecular flexibility index (Phi) is 21.0. The van der Waals surface area contributed by atoms with Crippen LogP contribution in [0.4, 0.5) is 0 Å². The third kappa shape index (κ3) is 18.3. The molecule has 0 heterocycles. The van der Waals surface area contributed by atoms with Gasteiger partial charge in [-0.3, -0.25) is 0 Å². The van der Waals surface area contributed by atoms with Crippen LogP contribution in [0.2, 0.25) is 0 Å². The van der Waals surface area contributed by atoms with Gasteiger partial charge in [-0.25, -0.2) is 0 Å². The van der Waals surface area contributed by atoms with E-state index in [9.17, 15) is 0 Å². The Balaban J connectivity index is 3.07. The van der Waals surface area contributed by atoms with Crippen molar-refractivity contribution in [3.8, 4) is 0 Å². The maximum atomic E-state index is 8.72. The van der Waals surface area contributed by atoms with Gasteiger partial charge in [0.1, 0.15) is 0 Å². The first kappa shape index (κ1) is 24.0. The molecule has 0 fully saturated rings. The average molecular weight is 341 g/mol. The predicted molar refractivity (Wildman–Crippen MR) is 110 cm³/mol. The molecule has 0 saturated carbocycles. The van der Waals surface area contributed by atoms with Crippen LogP contribution in [0.25, 0.3) is 0 Å². The molecule has 0 bridgehead atoms. The first-order valence-corrected chi connectivity index (χ1v) is 11.5. The van der Waals surface area contributed by atoms with E-state index in [1.54, 1.807) is 0 Å². The summed E-state index contributed by atoms with van der Waals surface area (Å²) in [5, 5.41) is 8.72. The Morgan fingerprint density at radius 2 is 0.875 bits per heavy atom. The molecule has 1 unspecified atom stereocenters. The highest BCUT2D eigenvalue weighted by atomic mass is 16.2. The van der Waals surface area contributed by atoms with Crippen molar-refractivity contribution < 1.29 is 5.11 Å². The molecule has 0 aromatic carbocycles. The Bertz CT molecular complexity index is 214. The second-order valence-corrected chi connectivity index (χ2v) is 7.88. The molecule has 24 heavy (non-hydrogen) atoms. The summed E-state index contributed by atoms with van der Waals surface area (Å²) in [6.45, 7) is 5.05. The van der Waals surface area contributed by atoms with Crippen molar-refractivity contribution in [2.24, 2.45) is 5.92 Å². The lowest BCUT2D eigenvalue weighted by atomic mass is 9.94. The summed E-state index contributed by atoms with van der Waals surface area (Å²) in [7, 11) is 0. The van der Waals surface area contributed by atoms with Gasteiger partial charge in [-0.15, -0.1) is 0 Å². The highest BCUT2D eigenvalue weighted by Gasteiger charge is 2.04. The average Bonchev–Trinajstić information content (AvgIpc) is 2.60. The molecule has 1 heteroatoms. The van der Waals surface area contributed by atoms with Gasteiger partial charge in [0.25, 0.3) is 0 Å². The lowest BCUT2D eigenvalue weighted by Crippen LogP contribution is -1.97. The normalized spacial score (nSPS) is 12.6. The van der Waals surface area contributed by atoms with E-state index in [-0.39, 0.29) is 0 Å². The Hall–Kier alpha value is -0.0400. The summed E-state index contributed by atoms with van der Waals surface area (Å²) in [6, 6.07) is 0. The molecule has 1 N–H and O–H groups in total. The van der Waals surface area contributed by atoms with Gasteiger partial charge in [0.15, 0.2) is 0 Å². The molecular formula is C23H48O. The number of rotatable bonds is 20. The second-order valence-electron chi connectivity index (χ2n) is 7.88. The number of unbranched alkanes of at least 4 members (excludes halogenated alkanes) is 14. The SMILES string of the molecule is CCCC(CC)CCCCCCCCCCCCCCCCCO. The summed E-state index contributed by atoms with van der Waals surface area (Å²) in [5.41, 5.74) is 0. The molecule has 1 nitrogen and oxygen atoms in total. The largest absolute Gasteiger partial charge is 0.396 e. The molecule has 1 atom stereocenters. The highest BCUT2D eigenvalue weighted by Crippen LogP contribution is 2.20. The van der Waals surface area contributed by atoms with Gasteiger partial charge in [-0.05, 0) is 12.3 Å². The molecule has 0 aromatic heterocycles. The Morgan fingerprint density at radius 1 is 0.500 bits per heavy atom. The van der Waals surface area contributed by atoms with E-state index in [1.807, 2.05) is 0 Å². The van der Waals surface area contributed by atoms with Crippen LogP contribution in [-0.4, -0.2) is 11.7 Å². The van der Waals surface area contributed by atoms with Crippen molar-refractivity contribution in [1.82, 2.24) is 0 Å². The zero-order valence-electron chi connectivity index (χ0n) is 17.2. The Morgan fingerprint density at radius 3 is 1.21 bits per heavy atom. The fourth-order valence-electron chi connectivity index (χ4n) is 3.80. The van der Waals surface area contributed by atoms with E-state index in [0.29, 0.717) is 6.61 Å². The van der Waals surface area contributed by atoms with Crippen molar-refractivity contribution in [3.63, 3.8) is 0 Å². The number of hydrogen-bond donors (Lipinski definition) is 1. The van der Waals surface area contributed by atoms with Gasteiger partial charge < -0.3 is 5.11 Å². The van der Waals surface area contributed by atoms with Crippen molar-refractivity contribution in [3.05, 3.63) is 0 Å². The van der Waals surface area contributed by atoms with Crippen molar-refractivity contribution in [2.75, 3.05) is 6.61 Å². The van der Waals surface area contributed by atoms with Crippen LogP contribution in [0.5, 0.6) is 0 Å². The van der Waals surface area contributed by atoms with Crippen molar-refractivity contribution in [1.29, 1.82) is 0 Å². The lowest BCUT2D eigenvalue weighted by molar-refractivity contribution is 0.282. The summed E-state index contributed by atoms with van der Waals surface area (Å²) in [4.78, 5) is 0. The number of aliphatic hydroxyl groups is 1. The van der Waals surface area contributed by atoms with Crippen molar-refractivity contribution in [2.45, 2.75) is 136 Å². The highest BCUT2D eigenvalue weighted by molar-refractivity contribution is 4.57. The van der Waals surface area contributed by atoms with E-state index in [4.69, 9.17) is 5.11 Å². The van der Waals surface area contributed by atoms with Gasteiger partial charge in [-0.2, -0.15) is 0 Å². The zero-order chi connectivity index (χ0) is 17.7. The predicted octanol–water partition coefficient (Wildman–Crippen LogP) is 8.05. The van der Waals surface area contributed by atoms with Crippen LogP contribution in [0.3, 0.4) is 0 Å². The van der Waals surface area contributed by atoms with Gasteiger partial charge in [-0.1, -0.05) is 129 Å². The van der Waals surface area contributed by atoms with Gasteiger partial charge in [0.2, 0.25) is 0 Å². The fraction of sp³-hybridized carbons (Fsp3) is 1.00. The zero-order valence-corrected chi connectivity index (χ0v) is 17.2. The summed E-state index contributed by atoms with van der Waals surface area (Å²) in [5.74, 6) is 1.00. The number of aliphatic hydroxyl groups excluding tert-OH is 1. The quantitative estimate of drug-likeness (QED) is 0.222. The van der Waals surface area contributed by atoms with E-state index < -0.39 is 0 Å². The maximum absolute atomic E-state index is 8.72. The second kappa shape index (κ2) is 21.0.